The zero-order chi connectivity index (χ0) is 11.4. The minimum atomic E-state index is -0.952. The number of carboxylic acids is 1. The van der Waals surface area contributed by atoms with Gasteiger partial charge in [-0.15, -0.1) is 0 Å². The van der Waals surface area contributed by atoms with Gasteiger partial charge in [0.25, 0.3) is 0 Å². The number of aliphatic carboxylic acids is 1. The number of carbonyl (C=O) groups is 1. The van der Waals surface area contributed by atoms with Crippen LogP contribution in [0.15, 0.2) is 18.2 Å². The molecule has 0 bridgehead atoms. The molecule has 0 spiro atoms. The van der Waals surface area contributed by atoms with E-state index in [2.05, 4.69) is 0 Å². The Morgan fingerprint density at radius 3 is 2.87 bits per heavy atom. The minimum Gasteiger partial charge on any atom is -0.481 e. The Morgan fingerprint density at radius 2 is 2.27 bits per heavy atom. The molecule has 0 aliphatic carbocycles. The minimum absolute atomic E-state index is 0.132. The third-order valence-electron chi connectivity index (χ3n) is 1.98. The number of benzene rings is 1. The first-order valence-electron chi connectivity index (χ1n) is 4.44. The zero-order valence-corrected chi connectivity index (χ0v) is 8.33. The molecule has 0 aromatic heterocycles. The van der Waals surface area contributed by atoms with Crippen molar-refractivity contribution in [2.24, 2.45) is 0 Å². The van der Waals surface area contributed by atoms with Gasteiger partial charge in [0.05, 0.1) is 6.42 Å². The first-order valence-corrected chi connectivity index (χ1v) is 4.44. The standard InChI is InChI=1S/C11H12FNO2/c1-7-5-9(12)8(6-10(7)13)3-2-4-11(14)15/h2-3,5-6H,4,13H2,1H3,(H,14,15). The summed E-state index contributed by atoms with van der Waals surface area (Å²) in [5.74, 6) is -1.35. The Bertz CT molecular complexity index is 413. The van der Waals surface area contributed by atoms with Crippen LogP contribution in [0.4, 0.5) is 10.1 Å². The monoisotopic (exact) mass is 209 g/mol. The predicted octanol–water partition coefficient (Wildman–Crippen LogP) is 2.20. The molecule has 0 amide bonds. The highest BCUT2D eigenvalue weighted by Gasteiger charge is 2.02. The Morgan fingerprint density at radius 1 is 1.60 bits per heavy atom. The highest BCUT2D eigenvalue weighted by molar-refractivity contribution is 5.71. The van der Waals surface area contributed by atoms with Crippen LogP contribution >= 0.6 is 0 Å². The Labute approximate surface area is 87.0 Å². The second-order valence-electron chi connectivity index (χ2n) is 3.23. The van der Waals surface area contributed by atoms with Crippen molar-refractivity contribution in [1.82, 2.24) is 0 Å². The molecule has 3 nitrogen and oxygen atoms in total. The number of hydrogen-bond acceptors (Lipinski definition) is 2. The van der Waals surface area contributed by atoms with Gasteiger partial charge in [-0.05, 0) is 24.6 Å². The summed E-state index contributed by atoms with van der Waals surface area (Å²) in [5, 5.41) is 8.39. The van der Waals surface area contributed by atoms with Crippen LogP contribution < -0.4 is 5.73 Å². The van der Waals surface area contributed by atoms with Crippen LogP contribution in [0.25, 0.3) is 6.08 Å². The summed E-state index contributed by atoms with van der Waals surface area (Å²) in [6.45, 7) is 1.71. The smallest absolute Gasteiger partial charge is 0.307 e. The normalized spacial score (nSPS) is 10.8. The summed E-state index contributed by atoms with van der Waals surface area (Å²) < 4.78 is 13.3. The van der Waals surface area contributed by atoms with Crippen LogP contribution in [-0.2, 0) is 4.79 Å². The number of anilines is 1. The van der Waals surface area contributed by atoms with Crippen LogP contribution in [0.2, 0.25) is 0 Å². The maximum absolute atomic E-state index is 13.3. The molecule has 15 heavy (non-hydrogen) atoms. The van der Waals surface area contributed by atoms with Crippen LogP contribution in [0, 0.1) is 12.7 Å². The van der Waals surface area contributed by atoms with Gasteiger partial charge in [0.15, 0.2) is 0 Å². The average Bonchev–Trinajstić information content (AvgIpc) is 2.13. The van der Waals surface area contributed by atoms with E-state index < -0.39 is 11.8 Å². The highest BCUT2D eigenvalue weighted by Crippen LogP contribution is 2.18. The Kier molecular flexibility index (Phi) is 3.44. The average molecular weight is 209 g/mol. The second kappa shape index (κ2) is 4.59. The molecule has 0 aliphatic heterocycles. The van der Waals surface area contributed by atoms with Gasteiger partial charge in [-0.1, -0.05) is 12.2 Å². The summed E-state index contributed by atoms with van der Waals surface area (Å²) in [7, 11) is 0. The van der Waals surface area contributed by atoms with Crippen molar-refractivity contribution < 1.29 is 14.3 Å². The van der Waals surface area contributed by atoms with Gasteiger partial charge < -0.3 is 10.8 Å². The Hall–Kier alpha value is -1.84. The lowest BCUT2D eigenvalue weighted by molar-refractivity contribution is -0.135. The van der Waals surface area contributed by atoms with Gasteiger partial charge in [-0.2, -0.15) is 0 Å². The van der Waals surface area contributed by atoms with Gasteiger partial charge in [-0.25, -0.2) is 4.39 Å². The molecule has 0 saturated heterocycles. The fourth-order valence-corrected chi connectivity index (χ4v) is 1.12. The fourth-order valence-electron chi connectivity index (χ4n) is 1.12. The van der Waals surface area contributed by atoms with E-state index in [1.165, 1.54) is 24.3 Å². The molecule has 0 atom stereocenters. The zero-order valence-electron chi connectivity index (χ0n) is 8.33. The molecule has 80 valence electrons. The van der Waals surface area contributed by atoms with Gasteiger partial charge >= 0.3 is 5.97 Å². The summed E-state index contributed by atoms with van der Waals surface area (Å²) >= 11 is 0. The summed E-state index contributed by atoms with van der Waals surface area (Å²) in [4.78, 5) is 10.2. The molecule has 0 unspecified atom stereocenters. The maximum atomic E-state index is 13.3. The van der Waals surface area contributed by atoms with Crippen molar-refractivity contribution in [2.75, 3.05) is 5.73 Å². The quantitative estimate of drug-likeness (QED) is 0.750. The predicted molar refractivity (Wildman–Crippen MR) is 56.8 cm³/mol. The SMILES string of the molecule is Cc1cc(F)c(C=CCC(=O)O)cc1N. The van der Waals surface area contributed by atoms with E-state index in [-0.39, 0.29) is 6.42 Å². The van der Waals surface area contributed by atoms with Crippen LogP contribution in [0.1, 0.15) is 17.5 Å². The molecule has 0 radical (unpaired) electrons. The molecule has 1 rings (SSSR count). The number of halogens is 1. The molecule has 0 heterocycles. The maximum Gasteiger partial charge on any atom is 0.307 e. The van der Waals surface area contributed by atoms with Gasteiger partial charge in [0.1, 0.15) is 5.82 Å². The Balaban J connectivity index is 2.90. The van der Waals surface area contributed by atoms with E-state index in [0.717, 1.165) is 0 Å². The molecule has 0 fully saturated rings. The number of rotatable bonds is 3. The van der Waals surface area contributed by atoms with Gasteiger partial charge in [0.2, 0.25) is 0 Å². The lowest BCUT2D eigenvalue weighted by atomic mass is 10.1. The summed E-state index contributed by atoms with van der Waals surface area (Å²) in [5.41, 5.74) is 7.07. The van der Waals surface area contributed by atoms with E-state index in [9.17, 15) is 9.18 Å². The molecule has 0 aliphatic rings. The van der Waals surface area contributed by atoms with Crippen molar-refractivity contribution in [3.8, 4) is 0 Å². The second-order valence-corrected chi connectivity index (χ2v) is 3.23. The van der Waals surface area contributed by atoms with Crippen molar-refractivity contribution in [2.45, 2.75) is 13.3 Å². The molecule has 1 aromatic rings. The van der Waals surface area contributed by atoms with Gasteiger partial charge in [0, 0.05) is 11.3 Å². The number of nitrogens with two attached hydrogens (primary N) is 1. The fraction of sp³-hybridized carbons (Fsp3) is 0.182. The number of aryl methyl sites for hydroxylation is 1. The molecule has 1 aromatic carbocycles. The summed E-state index contributed by atoms with van der Waals surface area (Å²) in [6, 6.07) is 2.82. The van der Waals surface area contributed by atoms with Crippen LogP contribution in [0.3, 0.4) is 0 Å². The van der Waals surface area contributed by atoms with Gasteiger partial charge in [-0.3, -0.25) is 4.79 Å². The van der Waals surface area contributed by atoms with E-state index in [4.69, 9.17) is 10.8 Å². The molecule has 0 saturated carbocycles. The third kappa shape index (κ3) is 3.09. The van der Waals surface area contributed by atoms with E-state index >= 15 is 0 Å². The lowest BCUT2D eigenvalue weighted by Gasteiger charge is -2.02. The largest absolute Gasteiger partial charge is 0.481 e. The molecule has 3 N–H and O–H groups in total. The summed E-state index contributed by atoms with van der Waals surface area (Å²) in [6.07, 6.45) is 2.67. The number of hydrogen-bond donors (Lipinski definition) is 2. The van der Waals surface area contributed by atoms with E-state index in [1.54, 1.807) is 6.92 Å². The first-order chi connectivity index (χ1) is 7.00. The van der Waals surface area contributed by atoms with Crippen molar-refractivity contribution in [3.05, 3.63) is 35.2 Å². The highest BCUT2D eigenvalue weighted by atomic mass is 19.1. The van der Waals surface area contributed by atoms with Crippen molar-refractivity contribution in [3.63, 3.8) is 0 Å². The third-order valence-corrected chi connectivity index (χ3v) is 1.98. The van der Waals surface area contributed by atoms with E-state index in [1.807, 2.05) is 0 Å². The van der Waals surface area contributed by atoms with Crippen molar-refractivity contribution >= 4 is 17.7 Å². The number of carboxylic acid groups (broad SMARTS) is 1. The lowest BCUT2D eigenvalue weighted by Crippen LogP contribution is -1.94. The van der Waals surface area contributed by atoms with Crippen LogP contribution in [0.5, 0.6) is 0 Å². The molecule has 4 heteroatoms. The first kappa shape index (κ1) is 11.2. The molecular weight excluding hydrogens is 197 g/mol. The topological polar surface area (TPSA) is 63.3 Å². The van der Waals surface area contributed by atoms with Crippen molar-refractivity contribution in [1.29, 1.82) is 0 Å². The molecular formula is C11H12FNO2. The van der Waals surface area contributed by atoms with Crippen LogP contribution in [-0.4, -0.2) is 11.1 Å². The number of nitrogen functional groups attached to an aromatic ring is 1. The van der Waals surface area contributed by atoms with E-state index in [0.29, 0.717) is 16.8 Å².